The molecule has 0 radical (unpaired) electrons. The Morgan fingerprint density at radius 1 is 0.800 bits per heavy atom. The number of nitrogens with zero attached hydrogens (tertiary/aromatic N) is 2. The maximum atomic E-state index is 5.95. The van der Waals surface area contributed by atoms with Gasteiger partial charge in [-0.25, -0.2) is 4.90 Å². The minimum absolute atomic E-state index is 0.292. The highest BCUT2D eigenvalue weighted by atomic mass is 32.1. The Morgan fingerprint density at radius 3 is 2.12 bits per heavy atom. The number of hydrogen-bond donors (Lipinski definition) is 0. The number of thiocarbonyl (C=S) groups is 2. The second-order valence-electron chi connectivity index (χ2n) is 5.72. The van der Waals surface area contributed by atoms with Gasteiger partial charge in [-0.2, -0.15) is 0 Å². The van der Waals surface area contributed by atoms with Crippen LogP contribution in [0.4, 0.5) is 5.69 Å². The summed E-state index contributed by atoms with van der Waals surface area (Å²) in [4.78, 5) is 3.58. The first-order valence-electron chi connectivity index (χ1n) is 7.83. The fourth-order valence-corrected chi connectivity index (χ4v) is 2.98. The largest absolute Gasteiger partial charge is 0.431 e. The SMILES string of the molecule is CN(C)C(=S)N(C(=S)Oc1ccc2ccccc2c1)c1ccccc1. The number of fused-ring (bicyclic) bond motifs is 1. The van der Waals surface area contributed by atoms with Gasteiger partial charge in [-0.1, -0.05) is 48.5 Å². The average molecular weight is 367 g/mol. The fourth-order valence-electron chi connectivity index (χ4n) is 2.45. The molecule has 0 atom stereocenters. The van der Waals surface area contributed by atoms with Crippen LogP contribution < -0.4 is 9.64 Å². The molecule has 0 amide bonds. The molecule has 0 aliphatic rings. The highest BCUT2D eigenvalue weighted by Crippen LogP contribution is 2.23. The molecule has 0 fully saturated rings. The Labute approximate surface area is 158 Å². The molecule has 3 aromatic carbocycles. The normalized spacial score (nSPS) is 10.3. The molecule has 0 heterocycles. The summed E-state index contributed by atoms with van der Waals surface area (Å²) in [7, 11) is 3.77. The van der Waals surface area contributed by atoms with E-state index >= 15 is 0 Å². The van der Waals surface area contributed by atoms with Gasteiger partial charge in [0, 0.05) is 14.1 Å². The Morgan fingerprint density at radius 2 is 1.44 bits per heavy atom. The smallest absolute Gasteiger partial charge is 0.275 e. The van der Waals surface area contributed by atoms with E-state index in [1.807, 2.05) is 85.7 Å². The molecule has 0 spiro atoms. The van der Waals surface area contributed by atoms with Crippen LogP contribution in [-0.4, -0.2) is 29.3 Å². The minimum Gasteiger partial charge on any atom is -0.431 e. The molecule has 25 heavy (non-hydrogen) atoms. The Bertz CT molecular complexity index is 910. The Hall–Kier alpha value is -2.50. The first-order chi connectivity index (χ1) is 12.1. The van der Waals surface area contributed by atoms with Crippen molar-refractivity contribution in [2.45, 2.75) is 0 Å². The zero-order chi connectivity index (χ0) is 17.8. The lowest BCUT2D eigenvalue weighted by molar-refractivity contribution is 0.550. The summed E-state index contributed by atoms with van der Waals surface area (Å²) in [6.45, 7) is 0. The van der Waals surface area contributed by atoms with Crippen molar-refractivity contribution in [3.63, 3.8) is 0 Å². The van der Waals surface area contributed by atoms with Crippen molar-refractivity contribution in [2.24, 2.45) is 0 Å². The van der Waals surface area contributed by atoms with Gasteiger partial charge in [0.2, 0.25) is 0 Å². The zero-order valence-electron chi connectivity index (χ0n) is 14.0. The van der Waals surface area contributed by atoms with Gasteiger partial charge in [-0.15, -0.1) is 0 Å². The van der Waals surface area contributed by atoms with Crippen molar-refractivity contribution in [1.82, 2.24) is 4.90 Å². The number of rotatable bonds is 2. The van der Waals surface area contributed by atoms with E-state index in [0.29, 0.717) is 16.0 Å². The van der Waals surface area contributed by atoms with Crippen LogP contribution in [0, 0.1) is 0 Å². The van der Waals surface area contributed by atoms with Crippen molar-refractivity contribution in [3.05, 3.63) is 72.8 Å². The molecule has 0 N–H and O–H groups in total. The van der Waals surface area contributed by atoms with Gasteiger partial charge in [0.25, 0.3) is 5.17 Å². The van der Waals surface area contributed by atoms with Crippen molar-refractivity contribution in [2.75, 3.05) is 19.0 Å². The molecule has 3 nitrogen and oxygen atoms in total. The molecule has 0 aliphatic heterocycles. The van der Waals surface area contributed by atoms with E-state index in [9.17, 15) is 0 Å². The molecular formula is C20H18N2OS2. The third-order valence-electron chi connectivity index (χ3n) is 3.70. The molecule has 0 bridgehead atoms. The summed E-state index contributed by atoms with van der Waals surface area (Å²) in [5, 5.41) is 3.12. The first kappa shape index (κ1) is 17.3. The van der Waals surface area contributed by atoms with E-state index in [-0.39, 0.29) is 0 Å². The highest BCUT2D eigenvalue weighted by molar-refractivity contribution is 7.82. The van der Waals surface area contributed by atoms with Crippen molar-refractivity contribution in [3.8, 4) is 5.75 Å². The summed E-state index contributed by atoms with van der Waals surface area (Å²) in [6, 6.07) is 23.8. The molecule has 0 aromatic heterocycles. The zero-order valence-corrected chi connectivity index (χ0v) is 15.7. The maximum Gasteiger partial charge on any atom is 0.275 e. The number of para-hydroxylation sites is 1. The van der Waals surface area contributed by atoms with Crippen molar-refractivity contribution in [1.29, 1.82) is 0 Å². The summed E-state index contributed by atoms with van der Waals surface area (Å²) in [5.74, 6) is 0.686. The van der Waals surface area contributed by atoms with Gasteiger partial charge < -0.3 is 9.64 Å². The molecule has 3 rings (SSSR count). The average Bonchev–Trinajstić information content (AvgIpc) is 2.62. The molecule has 3 aromatic rings. The van der Waals surface area contributed by atoms with Crippen LogP contribution >= 0.6 is 24.4 Å². The highest BCUT2D eigenvalue weighted by Gasteiger charge is 2.20. The lowest BCUT2D eigenvalue weighted by Gasteiger charge is -2.28. The number of hydrogen-bond acceptors (Lipinski definition) is 3. The van der Waals surface area contributed by atoms with Crippen LogP contribution in [0.15, 0.2) is 72.8 Å². The predicted octanol–water partition coefficient (Wildman–Crippen LogP) is 4.86. The lowest BCUT2D eigenvalue weighted by atomic mass is 10.1. The van der Waals surface area contributed by atoms with Crippen LogP contribution in [-0.2, 0) is 0 Å². The molecule has 126 valence electrons. The van der Waals surface area contributed by atoms with Gasteiger partial charge in [0.15, 0.2) is 5.11 Å². The van der Waals surface area contributed by atoms with Gasteiger partial charge in [0.05, 0.1) is 5.69 Å². The molecule has 0 saturated heterocycles. The van der Waals surface area contributed by atoms with Crippen LogP contribution in [0.25, 0.3) is 10.8 Å². The summed E-state index contributed by atoms with van der Waals surface area (Å²) < 4.78 is 5.95. The third-order valence-corrected chi connectivity index (χ3v) is 4.51. The molecule has 0 unspecified atom stereocenters. The van der Waals surface area contributed by atoms with Crippen molar-refractivity contribution >= 4 is 51.2 Å². The van der Waals surface area contributed by atoms with E-state index < -0.39 is 0 Å². The molecule has 0 saturated carbocycles. The van der Waals surface area contributed by atoms with E-state index in [0.717, 1.165) is 16.5 Å². The van der Waals surface area contributed by atoms with E-state index in [1.165, 1.54) is 0 Å². The predicted molar refractivity (Wildman–Crippen MR) is 112 cm³/mol. The van der Waals surface area contributed by atoms with E-state index in [1.54, 1.807) is 4.90 Å². The second kappa shape index (κ2) is 7.59. The quantitative estimate of drug-likeness (QED) is 0.600. The van der Waals surface area contributed by atoms with Crippen LogP contribution in [0.1, 0.15) is 0 Å². The number of benzene rings is 3. The Balaban J connectivity index is 1.90. The van der Waals surface area contributed by atoms with E-state index in [4.69, 9.17) is 29.2 Å². The topological polar surface area (TPSA) is 15.7 Å². The van der Waals surface area contributed by atoms with Gasteiger partial charge in [0.1, 0.15) is 5.75 Å². The molecular weight excluding hydrogens is 348 g/mol. The lowest BCUT2D eigenvalue weighted by Crippen LogP contribution is -2.44. The van der Waals surface area contributed by atoms with Gasteiger partial charge >= 0.3 is 0 Å². The minimum atomic E-state index is 0.292. The standard InChI is InChI=1S/C20H18N2OS2/c1-21(2)19(24)22(17-10-4-3-5-11-17)20(25)23-18-13-12-15-8-6-7-9-16(15)14-18/h3-14H,1-2H3. The van der Waals surface area contributed by atoms with Crippen LogP contribution in [0.3, 0.4) is 0 Å². The summed E-state index contributed by atoms with van der Waals surface area (Å²) >= 11 is 11.1. The van der Waals surface area contributed by atoms with Crippen LogP contribution in [0.5, 0.6) is 5.75 Å². The van der Waals surface area contributed by atoms with Gasteiger partial charge in [-0.3, -0.25) is 0 Å². The summed E-state index contributed by atoms with van der Waals surface area (Å²) in [5.41, 5.74) is 0.868. The maximum absolute atomic E-state index is 5.95. The molecule has 0 aliphatic carbocycles. The fraction of sp³-hybridized carbons (Fsp3) is 0.100. The van der Waals surface area contributed by atoms with E-state index in [2.05, 4.69) is 6.07 Å². The third kappa shape index (κ3) is 3.95. The number of ether oxygens (including phenoxy) is 1. The summed E-state index contributed by atoms with van der Waals surface area (Å²) in [6.07, 6.45) is 0. The van der Waals surface area contributed by atoms with Crippen molar-refractivity contribution < 1.29 is 4.74 Å². The van der Waals surface area contributed by atoms with Crippen LogP contribution in [0.2, 0.25) is 0 Å². The first-order valence-corrected chi connectivity index (χ1v) is 8.65. The Kier molecular flexibility index (Phi) is 5.26. The second-order valence-corrected chi connectivity index (χ2v) is 6.44. The van der Waals surface area contributed by atoms with Gasteiger partial charge in [-0.05, 0) is 59.5 Å². The monoisotopic (exact) mass is 366 g/mol. The number of anilines is 1. The molecule has 5 heteroatoms.